The molecule has 0 aliphatic carbocycles. The third-order valence-corrected chi connectivity index (χ3v) is 7.04. The first-order valence-electron chi connectivity index (χ1n) is 11.9. The summed E-state index contributed by atoms with van der Waals surface area (Å²) >= 11 is 0. The Hall–Kier alpha value is -3.62. The van der Waals surface area contributed by atoms with Crippen LogP contribution in [0.15, 0.2) is 36.4 Å². The van der Waals surface area contributed by atoms with Gasteiger partial charge in [-0.1, -0.05) is 26.0 Å². The fourth-order valence-electron chi connectivity index (χ4n) is 5.10. The van der Waals surface area contributed by atoms with Crippen LogP contribution in [-0.2, 0) is 10.2 Å². The van der Waals surface area contributed by atoms with Crippen LogP contribution in [0.4, 0.5) is 0 Å². The largest absolute Gasteiger partial charge is 0.497 e. The molecule has 3 heterocycles. The average Bonchev–Trinajstić information content (AvgIpc) is 3.55. The number of amides is 2. The van der Waals surface area contributed by atoms with E-state index in [9.17, 15) is 9.59 Å². The normalized spacial score (nSPS) is 19.8. The summed E-state index contributed by atoms with van der Waals surface area (Å²) in [6, 6.07) is 11.1. The zero-order chi connectivity index (χ0) is 24.7. The number of aromatic amines is 1. The molecule has 9 heteroatoms. The van der Waals surface area contributed by atoms with Gasteiger partial charge >= 0.3 is 0 Å². The summed E-state index contributed by atoms with van der Waals surface area (Å²) in [5.41, 5.74) is 2.95. The molecule has 2 fully saturated rings. The van der Waals surface area contributed by atoms with Gasteiger partial charge in [-0.3, -0.25) is 14.7 Å². The predicted octanol–water partition coefficient (Wildman–Crippen LogP) is 2.87. The Morgan fingerprint density at radius 1 is 1.03 bits per heavy atom. The third kappa shape index (κ3) is 4.54. The van der Waals surface area contributed by atoms with Crippen molar-refractivity contribution in [3.05, 3.63) is 47.5 Å². The molecule has 0 saturated carbocycles. The highest BCUT2D eigenvalue weighted by atomic mass is 16.5. The lowest BCUT2D eigenvalue weighted by Crippen LogP contribution is -2.37. The number of likely N-dealkylation sites (tertiary alicyclic amines) is 2. The van der Waals surface area contributed by atoms with Crippen molar-refractivity contribution < 1.29 is 19.1 Å². The van der Waals surface area contributed by atoms with Crippen LogP contribution in [0.3, 0.4) is 0 Å². The van der Waals surface area contributed by atoms with Gasteiger partial charge in [-0.15, -0.1) is 5.10 Å². The summed E-state index contributed by atoms with van der Waals surface area (Å²) < 4.78 is 11.3. The second-order valence-electron chi connectivity index (χ2n) is 10.5. The van der Waals surface area contributed by atoms with Crippen molar-refractivity contribution in [2.75, 3.05) is 39.9 Å². The van der Waals surface area contributed by atoms with Gasteiger partial charge in [0.25, 0.3) is 11.8 Å². The van der Waals surface area contributed by atoms with E-state index in [1.165, 1.54) is 0 Å². The molecule has 2 amide bonds. The van der Waals surface area contributed by atoms with E-state index in [4.69, 9.17) is 9.47 Å². The SMILES string of the molecule is COc1ccc(OCC(=O)N2C[C@H]3CN(C(=O)c4ccc5[nH]nnc5c4)C[C@@H]3C2)c(C(C)(C)C)c1. The molecule has 0 unspecified atom stereocenters. The Kier molecular flexibility index (Phi) is 5.86. The van der Waals surface area contributed by atoms with Crippen LogP contribution in [0, 0.1) is 11.8 Å². The predicted molar refractivity (Wildman–Crippen MR) is 131 cm³/mol. The van der Waals surface area contributed by atoms with Gasteiger partial charge in [0.2, 0.25) is 0 Å². The molecule has 184 valence electrons. The number of benzene rings is 2. The van der Waals surface area contributed by atoms with Gasteiger partial charge in [-0.2, -0.15) is 0 Å². The maximum absolute atomic E-state index is 13.0. The number of ether oxygens (including phenoxy) is 2. The van der Waals surface area contributed by atoms with Gasteiger partial charge in [0, 0.05) is 49.1 Å². The van der Waals surface area contributed by atoms with Gasteiger partial charge in [0.15, 0.2) is 6.61 Å². The molecule has 2 atom stereocenters. The fourth-order valence-corrected chi connectivity index (χ4v) is 5.10. The lowest BCUT2D eigenvalue weighted by molar-refractivity contribution is -0.132. The van der Waals surface area contributed by atoms with Crippen LogP contribution in [0.5, 0.6) is 11.5 Å². The lowest BCUT2D eigenvalue weighted by Gasteiger charge is -2.25. The number of carbonyl (C=O) groups is 2. The zero-order valence-corrected chi connectivity index (χ0v) is 20.6. The summed E-state index contributed by atoms with van der Waals surface area (Å²) in [5, 5.41) is 10.6. The monoisotopic (exact) mass is 477 g/mol. The van der Waals surface area contributed by atoms with E-state index in [2.05, 4.69) is 36.2 Å². The van der Waals surface area contributed by atoms with Crippen molar-refractivity contribution in [3.63, 3.8) is 0 Å². The van der Waals surface area contributed by atoms with Crippen molar-refractivity contribution in [1.82, 2.24) is 25.2 Å². The second kappa shape index (κ2) is 8.87. The van der Waals surface area contributed by atoms with Crippen LogP contribution in [0.25, 0.3) is 11.0 Å². The van der Waals surface area contributed by atoms with E-state index in [1.54, 1.807) is 19.2 Å². The Morgan fingerprint density at radius 3 is 2.43 bits per heavy atom. The Balaban J connectivity index is 1.18. The molecule has 0 spiro atoms. The first-order chi connectivity index (χ1) is 16.7. The average molecular weight is 478 g/mol. The summed E-state index contributed by atoms with van der Waals surface area (Å²) in [7, 11) is 1.64. The van der Waals surface area contributed by atoms with E-state index in [1.807, 2.05) is 34.1 Å². The molecule has 9 nitrogen and oxygen atoms in total. The van der Waals surface area contributed by atoms with Crippen LogP contribution in [0.1, 0.15) is 36.7 Å². The molecule has 2 aliphatic rings. The fraction of sp³-hybridized carbons (Fsp3) is 0.462. The van der Waals surface area contributed by atoms with Crippen molar-refractivity contribution >= 4 is 22.8 Å². The Morgan fingerprint density at radius 2 is 1.74 bits per heavy atom. The van der Waals surface area contributed by atoms with Gasteiger partial charge in [-0.05, 0) is 41.8 Å². The van der Waals surface area contributed by atoms with Crippen LogP contribution >= 0.6 is 0 Å². The molecule has 2 saturated heterocycles. The quantitative estimate of drug-likeness (QED) is 0.607. The van der Waals surface area contributed by atoms with Gasteiger partial charge < -0.3 is 19.3 Å². The maximum atomic E-state index is 13.0. The first kappa shape index (κ1) is 23.1. The van der Waals surface area contributed by atoms with Crippen LogP contribution < -0.4 is 9.47 Å². The topological polar surface area (TPSA) is 101 Å². The summed E-state index contributed by atoms with van der Waals surface area (Å²) in [5.74, 6) is 2.01. The van der Waals surface area contributed by atoms with Crippen molar-refractivity contribution in [1.29, 1.82) is 0 Å². The number of fused-ring (bicyclic) bond motifs is 2. The molecular weight excluding hydrogens is 446 g/mol. The van der Waals surface area contributed by atoms with E-state index in [-0.39, 0.29) is 35.7 Å². The number of H-pyrrole nitrogens is 1. The van der Waals surface area contributed by atoms with E-state index >= 15 is 0 Å². The molecule has 3 aromatic rings. The van der Waals surface area contributed by atoms with Crippen molar-refractivity contribution in [2.24, 2.45) is 11.8 Å². The summed E-state index contributed by atoms with van der Waals surface area (Å²) in [6.07, 6.45) is 0. The number of nitrogens with one attached hydrogen (secondary N) is 1. The Labute approximate surface area is 204 Å². The Bertz CT molecular complexity index is 1250. The first-order valence-corrected chi connectivity index (χ1v) is 11.9. The number of nitrogens with zero attached hydrogens (tertiary/aromatic N) is 4. The minimum Gasteiger partial charge on any atom is -0.497 e. The molecular formula is C26H31N5O4. The maximum Gasteiger partial charge on any atom is 0.260 e. The number of aromatic nitrogens is 3. The number of hydrogen-bond donors (Lipinski definition) is 1. The second-order valence-corrected chi connectivity index (χ2v) is 10.5. The highest BCUT2D eigenvalue weighted by Crippen LogP contribution is 2.35. The van der Waals surface area contributed by atoms with Gasteiger partial charge in [0.05, 0.1) is 12.6 Å². The van der Waals surface area contributed by atoms with E-state index in [0.29, 0.717) is 43.0 Å². The smallest absolute Gasteiger partial charge is 0.260 e. The van der Waals surface area contributed by atoms with Crippen LogP contribution in [0.2, 0.25) is 0 Å². The molecule has 35 heavy (non-hydrogen) atoms. The van der Waals surface area contributed by atoms with Crippen LogP contribution in [-0.4, -0.2) is 76.9 Å². The zero-order valence-electron chi connectivity index (χ0n) is 20.6. The number of methoxy groups -OCH3 is 1. The summed E-state index contributed by atoms with van der Waals surface area (Å²) in [4.78, 5) is 29.7. The number of carbonyl (C=O) groups excluding carboxylic acids is 2. The van der Waals surface area contributed by atoms with Crippen molar-refractivity contribution in [3.8, 4) is 11.5 Å². The minimum absolute atomic E-state index is 0.000254. The van der Waals surface area contributed by atoms with Gasteiger partial charge in [-0.25, -0.2) is 0 Å². The third-order valence-electron chi connectivity index (χ3n) is 7.04. The van der Waals surface area contributed by atoms with E-state index in [0.717, 1.165) is 16.8 Å². The van der Waals surface area contributed by atoms with E-state index < -0.39 is 0 Å². The molecule has 1 N–H and O–H groups in total. The number of rotatable bonds is 5. The minimum atomic E-state index is -0.147. The molecule has 2 aliphatic heterocycles. The molecule has 2 aromatic carbocycles. The molecule has 5 rings (SSSR count). The van der Waals surface area contributed by atoms with Gasteiger partial charge in [0.1, 0.15) is 17.0 Å². The lowest BCUT2D eigenvalue weighted by atomic mass is 9.86. The standard InChI is InChI=1S/C26H31N5O4/c1-26(2,3)20-10-19(34-4)6-8-23(20)35-15-24(32)30-11-17-13-31(14-18(17)12-30)25(33)16-5-7-21-22(9-16)28-29-27-21/h5-10,17-18H,11-15H2,1-4H3,(H,27,28,29)/t17-,18-/m0/s1. The molecule has 0 radical (unpaired) electrons. The summed E-state index contributed by atoms with van der Waals surface area (Å²) in [6.45, 7) is 8.91. The number of hydrogen-bond acceptors (Lipinski definition) is 6. The molecule has 1 aromatic heterocycles. The highest BCUT2D eigenvalue weighted by molar-refractivity contribution is 5.97. The van der Waals surface area contributed by atoms with Crippen molar-refractivity contribution in [2.45, 2.75) is 26.2 Å². The molecule has 0 bridgehead atoms. The highest BCUT2D eigenvalue weighted by Gasteiger charge is 2.43.